The maximum absolute atomic E-state index is 6.16. The van der Waals surface area contributed by atoms with Crippen molar-refractivity contribution in [2.45, 2.75) is 20.8 Å². The SMILES string of the molecule is Cc1cc(C)c(N)c(-c2nnc3cc(C)ncn23)c1. The lowest BCUT2D eigenvalue weighted by Gasteiger charge is -2.08. The van der Waals surface area contributed by atoms with Crippen molar-refractivity contribution in [1.82, 2.24) is 19.6 Å². The highest BCUT2D eigenvalue weighted by atomic mass is 15.3. The van der Waals surface area contributed by atoms with Crippen LogP contribution in [0.4, 0.5) is 5.69 Å². The average Bonchev–Trinajstić information content (AvgIpc) is 2.76. The Morgan fingerprint density at radius 3 is 2.63 bits per heavy atom. The fourth-order valence-corrected chi connectivity index (χ4v) is 2.24. The third kappa shape index (κ3) is 1.83. The molecule has 3 rings (SSSR count). The topological polar surface area (TPSA) is 69.1 Å². The van der Waals surface area contributed by atoms with Crippen LogP contribution in [0.5, 0.6) is 0 Å². The predicted molar refractivity (Wildman–Crippen MR) is 74.8 cm³/mol. The maximum Gasteiger partial charge on any atom is 0.171 e. The molecule has 3 aromatic rings. The molecule has 0 fully saturated rings. The number of fused-ring (bicyclic) bond motifs is 1. The summed E-state index contributed by atoms with van der Waals surface area (Å²) < 4.78 is 1.86. The van der Waals surface area contributed by atoms with E-state index >= 15 is 0 Å². The molecule has 0 amide bonds. The molecule has 5 heteroatoms. The Morgan fingerprint density at radius 1 is 1.05 bits per heavy atom. The van der Waals surface area contributed by atoms with E-state index in [1.807, 2.05) is 37.3 Å². The summed E-state index contributed by atoms with van der Waals surface area (Å²) in [5, 5.41) is 8.42. The van der Waals surface area contributed by atoms with E-state index in [4.69, 9.17) is 5.73 Å². The molecule has 0 saturated carbocycles. The molecule has 0 spiro atoms. The molecule has 0 unspecified atom stereocenters. The number of benzene rings is 1. The minimum Gasteiger partial charge on any atom is -0.398 e. The van der Waals surface area contributed by atoms with Gasteiger partial charge in [0.2, 0.25) is 0 Å². The van der Waals surface area contributed by atoms with Gasteiger partial charge in [0, 0.05) is 23.0 Å². The summed E-state index contributed by atoms with van der Waals surface area (Å²) in [5.74, 6) is 0.729. The van der Waals surface area contributed by atoms with Crippen LogP contribution in [-0.2, 0) is 0 Å². The van der Waals surface area contributed by atoms with Crippen molar-refractivity contribution < 1.29 is 0 Å². The largest absolute Gasteiger partial charge is 0.398 e. The zero-order valence-corrected chi connectivity index (χ0v) is 11.2. The van der Waals surface area contributed by atoms with Crippen molar-refractivity contribution in [3.8, 4) is 11.4 Å². The Balaban J connectivity index is 2.31. The van der Waals surface area contributed by atoms with E-state index in [9.17, 15) is 0 Å². The van der Waals surface area contributed by atoms with Gasteiger partial charge in [0.1, 0.15) is 6.33 Å². The molecule has 0 bridgehead atoms. The highest BCUT2D eigenvalue weighted by Gasteiger charge is 2.13. The first-order valence-corrected chi connectivity index (χ1v) is 6.11. The average molecular weight is 253 g/mol. The Labute approximate surface area is 111 Å². The van der Waals surface area contributed by atoms with Gasteiger partial charge in [0.15, 0.2) is 11.5 Å². The van der Waals surface area contributed by atoms with Gasteiger partial charge in [-0.15, -0.1) is 10.2 Å². The molecule has 0 atom stereocenters. The van der Waals surface area contributed by atoms with Crippen LogP contribution in [0.1, 0.15) is 16.8 Å². The molecule has 2 N–H and O–H groups in total. The Bertz CT molecular complexity index is 773. The molecule has 2 heterocycles. The second-order valence-corrected chi connectivity index (χ2v) is 4.83. The van der Waals surface area contributed by atoms with Crippen LogP contribution in [0.15, 0.2) is 24.5 Å². The first kappa shape index (κ1) is 11.6. The van der Waals surface area contributed by atoms with E-state index in [0.29, 0.717) is 0 Å². The summed E-state index contributed by atoms with van der Waals surface area (Å²) in [7, 11) is 0. The van der Waals surface area contributed by atoms with Gasteiger partial charge in [-0.1, -0.05) is 6.07 Å². The second-order valence-electron chi connectivity index (χ2n) is 4.83. The molecular formula is C14H15N5. The number of aromatic nitrogens is 4. The number of nitrogens with zero attached hydrogens (tertiary/aromatic N) is 4. The number of hydrogen-bond donors (Lipinski definition) is 1. The molecule has 0 saturated heterocycles. The Morgan fingerprint density at radius 2 is 1.84 bits per heavy atom. The first-order chi connectivity index (χ1) is 9.06. The van der Waals surface area contributed by atoms with Gasteiger partial charge in [-0.25, -0.2) is 4.98 Å². The zero-order valence-electron chi connectivity index (χ0n) is 11.2. The predicted octanol–water partition coefficient (Wildman–Crippen LogP) is 2.30. The lowest BCUT2D eigenvalue weighted by atomic mass is 10.0. The van der Waals surface area contributed by atoms with Crippen molar-refractivity contribution in [2.75, 3.05) is 5.73 Å². The number of nitrogens with two attached hydrogens (primary N) is 1. The van der Waals surface area contributed by atoms with E-state index in [0.717, 1.165) is 39.5 Å². The maximum atomic E-state index is 6.16. The lowest BCUT2D eigenvalue weighted by molar-refractivity contribution is 1.05. The number of anilines is 1. The Hall–Kier alpha value is -2.43. The standard InChI is InChI=1S/C14H15N5/c1-8-4-9(2)13(15)11(5-8)14-18-17-12-6-10(3)16-7-19(12)14/h4-7H,15H2,1-3H3. The fraction of sp³-hybridized carbons (Fsp3) is 0.214. The second kappa shape index (κ2) is 4.05. The fourth-order valence-electron chi connectivity index (χ4n) is 2.24. The van der Waals surface area contributed by atoms with Gasteiger partial charge >= 0.3 is 0 Å². The van der Waals surface area contributed by atoms with Crippen molar-refractivity contribution in [2.24, 2.45) is 0 Å². The van der Waals surface area contributed by atoms with Crippen LogP contribution < -0.4 is 5.73 Å². The molecule has 0 radical (unpaired) electrons. The van der Waals surface area contributed by atoms with Crippen molar-refractivity contribution in [3.63, 3.8) is 0 Å². The van der Waals surface area contributed by atoms with E-state index in [-0.39, 0.29) is 0 Å². The summed E-state index contributed by atoms with van der Waals surface area (Å²) in [6, 6.07) is 5.98. The normalized spacial score (nSPS) is 11.1. The van der Waals surface area contributed by atoms with Gasteiger partial charge in [0.25, 0.3) is 0 Å². The van der Waals surface area contributed by atoms with E-state index < -0.39 is 0 Å². The molecule has 0 aliphatic heterocycles. The lowest BCUT2D eigenvalue weighted by Crippen LogP contribution is -1.99. The minimum atomic E-state index is 0.729. The molecule has 0 aliphatic rings. The summed E-state index contributed by atoms with van der Waals surface area (Å²) >= 11 is 0. The van der Waals surface area contributed by atoms with Gasteiger partial charge < -0.3 is 5.73 Å². The van der Waals surface area contributed by atoms with E-state index in [1.165, 1.54) is 0 Å². The molecular weight excluding hydrogens is 238 g/mol. The number of rotatable bonds is 1. The van der Waals surface area contributed by atoms with Crippen LogP contribution in [0, 0.1) is 20.8 Å². The minimum absolute atomic E-state index is 0.729. The first-order valence-electron chi connectivity index (χ1n) is 6.11. The molecule has 19 heavy (non-hydrogen) atoms. The van der Waals surface area contributed by atoms with Crippen LogP contribution in [0.3, 0.4) is 0 Å². The van der Waals surface area contributed by atoms with Gasteiger partial charge in [-0.3, -0.25) is 4.40 Å². The van der Waals surface area contributed by atoms with Crippen molar-refractivity contribution >= 4 is 11.3 Å². The summed E-state index contributed by atoms with van der Waals surface area (Å²) in [6.07, 6.45) is 1.73. The number of nitrogen functional groups attached to an aromatic ring is 1. The van der Waals surface area contributed by atoms with Gasteiger partial charge in [0.05, 0.1) is 0 Å². The smallest absolute Gasteiger partial charge is 0.171 e. The van der Waals surface area contributed by atoms with E-state index in [2.05, 4.69) is 21.2 Å². The van der Waals surface area contributed by atoms with Crippen LogP contribution in [0.2, 0.25) is 0 Å². The quantitative estimate of drug-likeness (QED) is 0.676. The molecule has 5 nitrogen and oxygen atoms in total. The summed E-state index contributed by atoms with van der Waals surface area (Å²) in [6.45, 7) is 5.97. The third-order valence-corrected chi connectivity index (χ3v) is 3.21. The zero-order chi connectivity index (χ0) is 13.6. The third-order valence-electron chi connectivity index (χ3n) is 3.21. The van der Waals surface area contributed by atoms with Crippen LogP contribution in [0.25, 0.3) is 17.0 Å². The van der Waals surface area contributed by atoms with Gasteiger partial charge in [-0.05, 0) is 38.0 Å². The molecule has 1 aromatic carbocycles. The van der Waals surface area contributed by atoms with E-state index in [1.54, 1.807) is 6.33 Å². The molecule has 2 aromatic heterocycles. The Kier molecular flexibility index (Phi) is 2.48. The monoisotopic (exact) mass is 253 g/mol. The number of aryl methyl sites for hydroxylation is 3. The van der Waals surface area contributed by atoms with Crippen LogP contribution in [-0.4, -0.2) is 19.6 Å². The molecule has 96 valence electrons. The van der Waals surface area contributed by atoms with Crippen molar-refractivity contribution in [3.05, 3.63) is 41.3 Å². The summed E-state index contributed by atoms with van der Waals surface area (Å²) in [4.78, 5) is 4.28. The molecule has 0 aliphatic carbocycles. The van der Waals surface area contributed by atoms with Gasteiger partial charge in [-0.2, -0.15) is 0 Å². The highest BCUT2D eigenvalue weighted by Crippen LogP contribution is 2.28. The number of hydrogen-bond acceptors (Lipinski definition) is 4. The van der Waals surface area contributed by atoms with Crippen LogP contribution >= 0.6 is 0 Å². The highest BCUT2D eigenvalue weighted by molar-refractivity contribution is 5.76. The van der Waals surface area contributed by atoms with Crippen molar-refractivity contribution in [1.29, 1.82) is 0 Å². The summed E-state index contributed by atoms with van der Waals surface area (Å²) in [5.41, 5.74) is 11.7.